The molecule has 0 bridgehead atoms. The summed E-state index contributed by atoms with van der Waals surface area (Å²) in [5, 5.41) is 5.09. The number of hydrogen-bond donors (Lipinski definition) is 2. The van der Waals surface area contributed by atoms with Crippen LogP contribution < -0.4 is 15.4 Å². The maximum atomic E-state index is 12.9. The smallest absolute Gasteiger partial charge is 0.329 e. The Morgan fingerprint density at radius 3 is 2.56 bits per heavy atom. The molecule has 1 heterocycles. The first-order valence-corrected chi connectivity index (χ1v) is 9.53. The van der Waals surface area contributed by atoms with Crippen molar-refractivity contribution in [1.82, 2.24) is 10.2 Å². The van der Waals surface area contributed by atoms with Crippen molar-refractivity contribution >= 4 is 47.2 Å². The fourth-order valence-electron chi connectivity index (χ4n) is 2.67. The number of methoxy groups -OCH3 is 1. The topological polar surface area (TPSA) is 114 Å². The molecule has 0 spiro atoms. The molecule has 1 aliphatic heterocycles. The Morgan fingerprint density at radius 1 is 1.19 bits per heavy atom. The highest BCUT2D eigenvalue weighted by Crippen LogP contribution is 2.27. The number of urea groups is 1. The summed E-state index contributed by atoms with van der Waals surface area (Å²) in [6, 6.07) is 9.05. The first-order chi connectivity index (χ1) is 15.3. The zero-order valence-electron chi connectivity index (χ0n) is 16.7. The number of halogens is 2. The van der Waals surface area contributed by atoms with Gasteiger partial charge in [-0.25, -0.2) is 14.1 Å². The zero-order chi connectivity index (χ0) is 23.3. The van der Waals surface area contributed by atoms with E-state index in [2.05, 4.69) is 15.4 Å². The third-order valence-electron chi connectivity index (χ3n) is 4.23. The second kappa shape index (κ2) is 9.92. The number of benzene rings is 2. The molecule has 0 aromatic heterocycles. The van der Waals surface area contributed by atoms with Gasteiger partial charge in [0.1, 0.15) is 23.8 Å². The number of ether oxygens (including phenoxy) is 2. The second-order valence-corrected chi connectivity index (χ2v) is 6.90. The summed E-state index contributed by atoms with van der Waals surface area (Å²) in [6.07, 6.45) is 1.38. The highest BCUT2D eigenvalue weighted by molar-refractivity contribution is 6.32. The molecule has 0 saturated carbocycles. The molecule has 32 heavy (non-hydrogen) atoms. The van der Waals surface area contributed by atoms with Gasteiger partial charge in [-0.1, -0.05) is 17.7 Å². The third kappa shape index (κ3) is 5.61. The van der Waals surface area contributed by atoms with Gasteiger partial charge in [0, 0.05) is 5.69 Å². The van der Waals surface area contributed by atoms with Crippen LogP contribution in [0.4, 0.5) is 14.9 Å². The van der Waals surface area contributed by atoms with Crippen LogP contribution in [0.1, 0.15) is 5.56 Å². The number of imide groups is 1. The minimum Gasteiger partial charge on any atom is -0.482 e. The number of carbonyl (C=O) groups excluding carboxylic acids is 4. The zero-order valence-corrected chi connectivity index (χ0v) is 17.4. The number of rotatable bonds is 7. The van der Waals surface area contributed by atoms with Crippen LogP contribution in [0.5, 0.6) is 5.75 Å². The number of nitrogens with zero attached hydrogens (tertiary/aromatic N) is 1. The average molecular weight is 462 g/mol. The summed E-state index contributed by atoms with van der Waals surface area (Å²) in [6.45, 7) is -0.847. The molecule has 1 fully saturated rings. The molecular formula is C21H17ClFN3O6. The number of carbonyl (C=O) groups is 4. The van der Waals surface area contributed by atoms with Gasteiger partial charge in [0.2, 0.25) is 0 Å². The summed E-state index contributed by atoms with van der Waals surface area (Å²) in [4.78, 5) is 48.2. The van der Waals surface area contributed by atoms with Gasteiger partial charge in [0.25, 0.3) is 11.8 Å². The molecule has 3 rings (SSSR count). The molecule has 4 amide bonds. The van der Waals surface area contributed by atoms with Crippen LogP contribution in [0, 0.1) is 5.82 Å². The Balaban J connectivity index is 1.62. The van der Waals surface area contributed by atoms with Crippen molar-refractivity contribution in [3.05, 3.63) is 64.6 Å². The van der Waals surface area contributed by atoms with E-state index in [0.29, 0.717) is 11.3 Å². The van der Waals surface area contributed by atoms with Crippen molar-refractivity contribution < 1.29 is 33.0 Å². The van der Waals surface area contributed by atoms with Gasteiger partial charge >= 0.3 is 12.0 Å². The van der Waals surface area contributed by atoms with Crippen LogP contribution in [0.3, 0.4) is 0 Å². The van der Waals surface area contributed by atoms with Crippen molar-refractivity contribution in [3.63, 3.8) is 0 Å². The van der Waals surface area contributed by atoms with E-state index in [-0.39, 0.29) is 23.1 Å². The Morgan fingerprint density at radius 2 is 1.91 bits per heavy atom. The number of amides is 4. The highest BCUT2D eigenvalue weighted by atomic mass is 35.5. The summed E-state index contributed by atoms with van der Waals surface area (Å²) >= 11 is 6.19. The predicted octanol–water partition coefficient (Wildman–Crippen LogP) is 2.56. The summed E-state index contributed by atoms with van der Waals surface area (Å²) in [7, 11) is 1.15. The van der Waals surface area contributed by atoms with Crippen molar-refractivity contribution in [2.24, 2.45) is 0 Å². The van der Waals surface area contributed by atoms with Crippen LogP contribution in [-0.2, 0) is 19.1 Å². The van der Waals surface area contributed by atoms with E-state index in [1.807, 2.05) is 0 Å². The fraction of sp³-hybridized carbons (Fsp3) is 0.143. The third-order valence-corrected chi connectivity index (χ3v) is 4.53. The lowest BCUT2D eigenvalue weighted by molar-refractivity contribution is -0.143. The largest absolute Gasteiger partial charge is 0.482 e. The molecule has 0 aliphatic carbocycles. The van der Waals surface area contributed by atoms with Crippen molar-refractivity contribution in [2.45, 2.75) is 0 Å². The summed E-state index contributed by atoms with van der Waals surface area (Å²) in [5.41, 5.74) is 0.849. The van der Waals surface area contributed by atoms with Crippen molar-refractivity contribution in [1.29, 1.82) is 0 Å². The van der Waals surface area contributed by atoms with E-state index < -0.39 is 36.2 Å². The Kier molecular flexibility index (Phi) is 7.06. The van der Waals surface area contributed by atoms with Gasteiger partial charge in [0.15, 0.2) is 6.61 Å². The van der Waals surface area contributed by atoms with Crippen LogP contribution in [-0.4, -0.2) is 49.0 Å². The van der Waals surface area contributed by atoms with Gasteiger partial charge in [-0.2, -0.15) is 0 Å². The lowest BCUT2D eigenvalue weighted by atomic mass is 10.2. The second-order valence-electron chi connectivity index (χ2n) is 6.49. The van der Waals surface area contributed by atoms with Crippen LogP contribution in [0.2, 0.25) is 5.02 Å². The van der Waals surface area contributed by atoms with Gasteiger partial charge in [0.05, 0.1) is 12.1 Å². The molecule has 0 radical (unpaired) electrons. The van der Waals surface area contributed by atoms with Gasteiger partial charge in [-0.15, -0.1) is 0 Å². The summed E-state index contributed by atoms with van der Waals surface area (Å²) in [5.74, 6) is -2.09. The molecular weight excluding hydrogens is 445 g/mol. The lowest BCUT2D eigenvalue weighted by Gasteiger charge is -2.10. The molecule has 0 unspecified atom stereocenters. The minimum absolute atomic E-state index is 0.0395. The van der Waals surface area contributed by atoms with E-state index in [4.69, 9.17) is 16.3 Å². The summed E-state index contributed by atoms with van der Waals surface area (Å²) < 4.78 is 22.8. The normalized spacial score (nSPS) is 14.3. The molecule has 9 nitrogen and oxygen atoms in total. The first-order valence-electron chi connectivity index (χ1n) is 9.16. The van der Waals surface area contributed by atoms with Crippen LogP contribution in [0.15, 0.2) is 48.2 Å². The highest BCUT2D eigenvalue weighted by Gasteiger charge is 2.35. The number of hydrogen-bond acceptors (Lipinski definition) is 6. The predicted molar refractivity (Wildman–Crippen MR) is 112 cm³/mol. The minimum atomic E-state index is -0.745. The van der Waals surface area contributed by atoms with Crippen molar-refractivity contribution in [3.8, 4) is 5.75 Å². The average Bonchev–Trinajstić information content (AvgIpc) is 3.02. The van der Waals surface area contributed by atoms with E-state index >= 15 is 0 Å². The molecule has 2 aromatic rings. The van der Waals surface area contributed by atoms with E-state index in [9.17, 15) is 23.6 Å². The lowest BCUT2D eigenvalue weighted by Crippen LogP contribution is -2.36. The standard InChI is InChI=1S/C21H17ClFN3O6/c1-31-19(28)10-26-20(29)16(25-21(26)30)9-12-2-7-17(15(22)8-12)32-11-18(27)24-14-5-3-13(23)4-6-14/h2-9H,10-11H2,1H3,(H,24,27)(H,25,30)/b16-9+. The molecule has 2 aromatic carbocycles. The molecule has 2 N–H and O–H groups in total. The fourth-order valence-corrected chi connectivity index (χ4v) is 2.92. The number of anilines is 1. The van der Waals surface area contributed by atoms with Crippen molar-refractivity contribution in [2.75, 3.05) is 25.6 Å². The van der Waals surface area contributed by atoms with Gasteiger partial charge in [-0.05, 0) is 48.0 Å². The molecule has 1 saturated heterocycles. The molecule has 11 heteroatoms. The maximum Gasteiger partial charge on any atom is 0.329 e. The Hall–Kier alpha value is -3.92. The number of nitrogens with one attached hydrogen (secondary N) is 2. The monoisotopic (exact) mass is 461 g/mol. The van der Waals surface area contributed by atoms with E-state index in [0.717, 1.165) is 12.0 Å². The van der Waals surface area contributed by atoms with E-state index in [1.165, 1.54) is 42.5 Å². The molecule has 166 valence electrons. The Bertz CT molecular complexity index is 1100. The quantitative estimate of drug-likeness (QED) is 0.372. The maximum absolute atomic E-state index is 12.9. The molecule has 0 atom stereocenters. The SMILES string of the molecule is COC(=O)CN1C(=O)N/C(=C/c2ccc(OCC(=O)Nc3ccc(F)cc3)c(Cl)c2)C1=O. The number of esters is 1. The first kappa shape index (κ1) is 22.8. The Labute approximate surface area is 186 Å². The van der Waals surface area contributed by atoms with Crippen LogP contribution in [0.25, 0.3) is 6.08 Å². The van der Waals surface area contributed by atoms with Crippen LogP contribution >= 0.6 is 11.6 Å². The van der Waals surface area contributed by atoms with Gasteiger partial charge in [-0.3, -0.25) is 14.4 Å². The van der Waals surface area contributed by atoms with Gasteiger partial charge < -0.3 is 20.1 Å². The molecule has 1 aliphatic rings. The van der Waals surface area contributed by atoms with E-state index in [1.54, 1.807) is 6.07 Å².